The topological polar surface area (TPSA) is 93.6 Å². The fourth-order valence-electron chi connectivity index (χ4n) is 4.47. The second-order valence-electron chi connectivity index (χ2n) is 9.56. The number of aryl methyl sites for hydroxylation is 1. The SMILES string of the molecule is Cc1c(=O)n(C)c(Nc2ccc(I)cc2F)c2c(=O)n(C3CC3)c(=O)n(-c3cccc(N=CN(C)C)c3)c12. The van der Waals surface area contributed by atoms with Crippen LogP contribution in [-0.2, 0) is 7.05 Å². The maximum Gasteiger partial charge on any atom is 0.336 e. The van der Waals surface area contributed by atoms with Crippen LogP contribution in [0.15, 0.2) is 61.8 Å². The summed E-state index contributed by atoms with van der Waals surface area (Å²) >= 11 is 2.01. The molecule has 9 nitrogen and oxygen atoms in total. The minimum absolute atomic E-state index is 0.112. The lowest BCUT2D eigenvalue weighted by Gasteiger charge is -2.20. The van der Waals surface area contributed by atoms with Gasteiger partial charge in [0.1, 0.15) is 17.0 Å². The van der Waals surface area contributed by atoms with E-state index in [4.69, 9.17) is 0 Å². The number of pyridine rings is 1. The Bertz CT molecular complexity index is 1800. The van der Waals surface area contributed by atoms with Crippen LogP contribution < -0.4 is 22.1 Å². The summed E-state index contributed by atoms with van der Waals surface area (Å²) in [6, 6.07) is 11.4. The van der Waals surface area contributed by atoms with Crippen LogP contribution in [0, 0.1) is 16.3 Å². The molecule has 4 aromatic rings. The summed E-state index contributed by atoms with van der Waals surface area (Å²) in [7, 11) is 5.22. The van der Waals surface area contributed by atoms with E-state index in [2.05, 4.69) is 10.3 Å². The van der Waals surface area contributed by atoms with Crippen molar-refractivity contribution >= 4 is 57.0 Å². The molecule has 38 heavy (non-hydrogen) atoms. The van der Waals surface area contributed by atoms with Crippen molar-refractivity contribution in [2.45, 2.75) is 25.8 Å². The summed E-state index contributed by atoms with van der Waals surface area (Å²) in [4.78, 5) is 47.4. The van der Waals surface area contributed by atoms with Crippen LogP contribution in [0.25, 0.3) is 16.6 Å². The normalized spacial score (nSPS) is 13.4. The van der Waals surface area contributed by atoms with Gasteiger partial charge in [0.2, 0.25) is 0 Å². The highest BCUT2D eigenvalue weighted by Crippen LogP contribution is 2.34. The fourth-order valence-corrected chi connectivity index (χ4v) is 4.92. The number of aliphatic imine (C=N–C) groups is 1. The van der Waals surface area contributed by atoms with Crippen molar-refractivity contribution in [2.24, 2.45) is 12.0 Å². The number of aromatic nitrogens is 3. The van der Waals surface area contributed by atoms with Gasteiger partial charge >= 0.3 is 5.69 Å². The number of halogens is 2. The third-order valence-electron chi connectivity index (χ3n) is 6.47. The number of nitrogens with zero attached hydrogens (tertiary/aromatic N) is 5. The van der Waals surface area contributed by atoms with Crippen molar-refractivity contribution in [2.75, 3.05) is 19.4 Å². The molecule has 11 heteroatoms. The van der Waals surface area contributed by atoms with E-state index in [0.29, 0.717) is 27.8 Å². The third-order valence-corrected chi connectivity index (χ3v) is 7.14. The zero-order valence-electron chi connectivity index (χ0n) is 21.3. The second kappa shape index (κ2) is 9.86. The Hall–Kier alpha value is -3.74. The van der Waals surface area contributed by atoms with E-state index >= 15 is 0 Å². The van der Waals surface area contributed by atoms with Gasteiger partial charge in [-0.3, -0.25) is 23.3 Å². The van der Waals surface area contributed by atoms with Gasteiger partial charge in [-0.1, -0.05) is 6.07 Å². The summed E-state index contributed by atoms with van der Waals surface area (Å²) in [5.74, 6) is -0.411. The average molecular weight is 628 g/mol. The molecular formula is C27H26FIN6O3. The van der Waals surface area contributed by atoms with Gasteiger partial charge in [0.25, 0.3) is 11.1 Å². The molecule has 1 saturated carbocycles. The van der Waals surface area contributed by atoms with E-state index in [1.54, 1.807) is 54.6 Å². The van der Waals surface area contributed by atoms with Gasteiger partial charge in [-0.25, -0.2) is 14.2 Å². The van der Waals surface area contributed by atoms with Crippen LogP contribution >= 0.6 is 22.6 Å². The lowest BCUT2D eigenvalue weighted by molar-refractivity contribution is 0.630. The average Bonchev–Trinajstić information content (AvgIpc) is 3.70. The molecule has 2 heterocycles. The van der Waals surface area contributed by atoms with Crippen LogP contribution in [0.5, 0.6) is 0 Å². The van der Waals surface area contributed by atoms with Crippen LogP contribution in [-0.4, -0.2) is 39.0 Å². The van der Waals surface area contributed by atoms with Gasteiger partial charge in [-0.05, 0) is 78.8 Å². The Morgan fingerprint density at radius 1 is 1.11 bits per heavy atom. The van der Waals surface area contributed by atoms with Crippen LogP contribution in [0.3, 0.4) is 0 Å². The van der Waals surface area contributed by atoms with E-state index in [0.717, 1.165) is 0 Å². The molecule has 0 atom stereocenters. The summed E-state index contributed by atoms with van der Waals surface area (Å²) in [5, 5.41) is 3.11. The minimum Gasteiger partial charge on any atom is -0.369 e. The molecule has 0 amide bonds. The molecular weight excluding hydrogens is 602 g/mol. The lowest BCUT2D eigenvalue weighted by atomic mass is 10.1. The Labute approximate surface area is 231 Å². The molecule has 0 radical (unpaired) electrons. The van der Waals surface area contributed by atoms with Gasteiger partial charge in [-0.2, -0.15) is 0 Å². The summed E-state index contributed by atoms with van der Waals surface area (Å²) in [5.41, 5.74) is 0.133. The van der Waals surface area contributed by atoms with Crippen LogP contribution in [0.4, 0.5) is 21.6 Å². The maximum atomic E-state index is 14.8. The number of fused-ring (bicyclic) bond motifs is 1. The van der Waals surface area contributed by atoms with Crippen molar-refractivity contribution in [1.82, 2.24) is 18.6 Å². The molecule has 5 rings (SSSR count). The van der Waals surface area contributed by atoms with E-state index in [1.165, 1.54) is 26.8 Å². The Morgan fingerprint density at radius 3 is 2.50 bits per heavy atom. The number of anilines is 2. The number of rotatable bonds is 6. The maximum absolute atomic E-state index is 14.8. The monoisotopic (exact) mass is 628 g/mol. The third kappa shape index (κ3) is 4.55. The molecule has 0 aliphatic heterocycles. The zero-order valence-corrected chi connectivity index (χ0v) is 23.5. The first-order chi connectivity index (χ1) is 18.1. The van der Waals surface area contributed by atoms with E-state index < -0.39 is 22.6 Å². The Kier molecular flexibility index (Phi) is 6.72. The van der Waals surface area contributed by atoms with Gasteiger partial charge < -0.3 is 10.2 Å². The first kappa shape index (κ1) is 25.9. The minimum atomic E-state index is -0.527. The van der Waals surface area contributed by atoms with Gasteiger partial charge in [0, 0.05) is 36.3 Å². The van der Waals surface area contributed by atoms with Crippen molar-refractivity contribution in [1.29, 1.82) is 0 Å². The smallest absolute Gasteiger partial charge is 0.336 e. The quantitative estimate of drug-likeness (QED) is 0.196. The highest BCUT2D eigenvalue weighted by atomic mass is 127. The first-order valence-corrected chi connectivity index (χ1v) is 13.1. The highest BCUT2D eigenvalue weighted by Gasteiger charge is 2.31. The zero-order chi connectivity index (χ0) is 27.3. The van der Waals surface area contributed by atoms with Crippen LogP contribution in [0.2, 0.25) is 0 Å². The Balaban J connectivity index is 1.88. The summed E-state index contributed by atoms with van der Waals surface area (Å²) in [6.07, 6.45) is 3.05. The predicted molar refractivity (Wildman–Crippen MR) is 156 cm³/mol. The summed E-state index contributed by atoms with van der Waals surface area (Å²) < 4.78 is 19.5. The highest BCUT2D eigenvalue weighted by molar-refractivity contribution is 14.1. The first-order valence-electron chi connectivity index (χ1n) is 12.0. The molecule has 196 valence electrons. The largest absolute Gasteiger partial charge is 0.369 e. The van der Waals surface area contributed by atoms with E-state index in [9.17, 15) is 18.8 Å². The van der Waals surface area contributed by atoms with Crippen LogP contribution in [0.1, 0.15) is 24.4 Å². The molecule has 0 unspecified atom stereocenters. The molecule has 1 aliphatic carbocycles. The van der Waals surface area contributed by atoms with Crippen molar-refractivity contribution in [3.8, 4) is 5.69 Å². The van der Waals surface area contributed by atoms with Gasteiger partial charge in [-0.15, -0.1) is 0 Å². The molecule has 2 aromatic carbocycles. The number of hydrogen-bond donors (Lipinski definition) is 1. The van der Waals surface area contributed by atoms with E-state index in [1.807, 2.05) is 36.7 Å². The fraction of sp³-hybridized carbons (Fsp3) is 0.259. The predicted octanol–water partition coefficient (Wildman–Crippen LogP) is 4.20. The van der Waals surface area contributed by atoms with Crippen molar-refractivity contribution in [3.05, 3.63) is 88.6 Å². The van der Waals surface area contributed by atoms with E-state index in [-0.39, 0.29) is 34.0 Å². The van der Waals surface area contributed by atoms with Crippen molar-refractivity contribution in [3.63, 3.8) is 0 Å². The lowest BCUT2D eigenvalue weighted by Crippen LogP contribution is -2.41. The standard InChI is InChI=1S/C27H26FIN6O3/c1-15-23-22(24(33(4)25(15)36)31-21-11-8-16(29)12-20(21)28)26(37)35(18-9-10-18)27(38)34(23)19-7-5-6-17(13-19)30-14-32(2)3/h5-8,11-14,18,31H,9-10H2,1-4H3. The number of nitrogens with one attached hydrogen (secondary N) is 1. The molecule has 1 N–H and O–H groups in total. The second-order valence-corrected chi connectivity index (χ2v) is 10.8. The number of hydrogen-bond acceptors (Lipinski definition) is 5. The Morgan fingerprint density at radius 2 is 1.84 bits per heavy atom. The molecule has 0 spiro atoms. The molecule has 2 aromatic heterocycles. The summed E-state index contributed by atoms with van der Waals surface area (Å²) in [6.45, 7) is 1.59. The van der Waals surface area contributed by atoms with Crippen molar-refractivity contribution < 1.29 is 4.39 Å². The number of benzene rings is 2. The molecule has 1 fully saturated rings. The van der Waals surface area contributed by atoms with Gasteiger partial charge in [0.05, 0.1) is 28.9 Å². The van der Waals surface area contributed by atoms with Gasteiger partial charge in [0.15, 0.2) is 0 Å². The molecule has 1 aliphatic rings. The molecule has 0 bridgehead atoms. The molecule has 0 saturated heterocycles.